The summed E-state index contributed by atoms with van der Waals surface area (Å²) in [6, 6.07) is 13.6. The number of amides is 1. The Kier molecular flexibility index (Phi) is 7.72. The maximum Gasteiger partial charge on any atom is 0.335 e. The molecule has 9 nitrogen and oxygen atoms in total. The number of carbonyl (C=O) groups is 2. The van der Waals surface area contributed by atoms with Gasteiger partial charge in [-0.3, -0.25) is 4.79 Å². The normalized spacial score (nSPS) is 11.6. The third-order valence-corrected chi connectivity index (χ3v) is 5.62. The topological polar surface area (TPSA) is 118 Å². The summed E-state index contributed by atoms with van der Waals surface area (Å²) in [6.45, 7) is 4.62. The van der Waals surface area contributed by atoms with E-state index in [9.17, 15) is 9.59 Å². The van der Waals surface area contributed by atoms with E-state index in [1.165, 1.54) is 23.9 Å². The van der Waals surface area contributed by atoms with Crippen molar-refractivity contribution in [1.82, 2.24) is 14.8 Å². The van der Waals surface area contributed by atoms with Crippen molar-refractivity contribution in [2.24, 2.45) is 0 Å². The molecule has 1 unspecified atom stereocenters. The quantitative estimate of drug-likeness (QED) is 0.394. The van der Waals surface area contributed by atoms with Crippen LogP contribution in [0.1, 0.15) is 36.1 Å². The molecule has 3 N–H and O–H groups in total. The second-order valence-electron chi connectivity index (χ2n) is 6.87. The number of hydrogen-bond acceptors (Lipinski definition) is 7. The molecule has 0 aliphatic heterocycles. The van der Waals surface area contributed by atoms with Gasteiger partial charge < -0.3 is 25.0 Å². The molecular weight excluding hydrogens is 430 g/mol. The van der Waals surface area contributed by atoms with Crippen molar-refractivity contribution in [2.75, 3.05) is 23.5 Å². The Labute approximate surface area is 190 Å². The Balaban J connectivity index is 1.65. The predicted molar refractivity (Wildman–Crippen MR) is 123 cm³/mol. The van der Waals surface area contributed by atoms with E-state index >= 15 is 0 Å². The van der Waals surface area contributed by atoms with Crippen LogP contribution in [0.5, 0.6) is 5.75 Å². The molecule has 3 aromatic rings. The van der Waals surface area contributed by atoms with Gasteiger partial charge in [-0.25, -0.2) is 4.79 Å². The van der Waals surface area contributed by atoms with Gasteiger partial charge in [-0.05, 0) is 44.2 Å². The van der Waals surface area contributed by atoms with Crippen molar-refractivity contribution in [3.63, 3.8) is 0 Å². The summed E-state index contributed by atoms with van der Waals surface area (Å²) in [4.78, 5) is 23.4. The zero-order chi connectivity index (χ0) is 23.1. The van der Waals surface area contributed by atoms with Crippen molar-refractivity contribution in [3.05, 3.63) is 59.9 Å². The summed E-state index contributed by atoms with van der Waals surface area (Å²) in [7, 11) is 1.62. The molecule has 0 radical (unpaired) electrons. The van der Waals surface area contributed by atoms with Crippen molar-refractivity contribution < 1.29 is 19.4 Å². The van der Waals surface area contributed by atoms with Gasteiger partial charge in [0, 0.05) is 12.2 Å². The van der Waals surface area contributed by atoms with Crippen LogP contribution in [0.4, 0.5) is 11.4 Å². The Morgan fingerprint density at radius 3 is 2.69 bits per heavy atom. The van der Waals surface area contributed by atoms with Crippen LogP contribution in [0, 0.1) is 0 Å². The number of benzene rings is 2. The monoisotopic (exact) mass is 455 g/mol. The molecular formula is C22H25N5O4S. The lowest BCUT2D eigenvalue weighted by Gasteiger charge is -2.18. The minimum atomic E-state index is -1.05. The number of carboxylic acid groups (broad SMARTS) is 1. The fraction of sp³-hybridized carbons (Fsp3) is 0.273. The summed E-state index contributed by atoms with van der Waals surface area (Å²) >= 11 is 1.27. The van der Waals surface area contributed by atoms with Crippen LogP contribution >= 0.6 is 11.8 Å². The number of nitrogens with one attached hydrogen (secondary N) is 2. The first kappa shape index (κ1) is 23.1. The fourth-order valence-corrected chi connectivity index (χ4v) is 3.95. The third-order valence-electron chi connectivity index (χ3n) is 4.65. The summed E-state index contributed by atoms with van der Waals surface area (Å²) in [5.74, 6) is 0.291. The molecule has 168 valence electrons. The highest BCUT2D eigenvalue weighted by atomic mass is 32.2. The first-order chi connectivity index (χ1) is 15.4. The van der Waals surface area contributed by atoms with Gasteiger partial charge in [0.2, 0.25) is 5.91 Å². The van der Waals surface area contributed by atoms with E-state index in [0.717, 1.165) is 17.3 Å². The van der Waals surface area contributed by atoms with E-state index in [-0.39, 0.29) is 23.3 Å². The highest BCUT2D eigenvalue weighted by Crippen LogP contribution is 2.28. The highest BCUT2D eigenvalue weighted by molar-refractivity contribution is 7.99. The Morgan fingerprint density at radius 2 is 1.97 bits per heavy atom. The van der Waals surface area contributed by atoms with E-state index in [1.54, 1.807) is 19.2 Å². The number of hydrogen-bond donors (Lipinski definition) is 3. The van der Waals surface area contributed by atoms with Crippen LogP contribution in [-0.4, -0.2) is 44.6 Å². The average molecular weight is 456 g/mol. The number of carboxylic acids is 1. The number of thioether (sulfide) groups is 1. The van der Waals surface area contributed by atoms with Crippen molar-refractivity contribution in [1.29, 1.82) is 0 Å². The molecule has 1 heterocycles. The summed E-state index contributed by atoms with van der Waals surface area (Å²) in [5, 5.41) is 24.4. The maximum absolute atomic E-state index is 12.4. The Bertz CT molecular complexity index is 1100. The van der Waals surface area contributed by atoms with E-state index in [4.69, 9.17) is 9.84 Å². The first-order valence-corrected chi connectivity index (χ1v) is 11.0. The maximum atomic E-state index is 12.4. The average Bonchev–Trinajstić information content (AvgIpc) is 3.21. The smallest absolute Gasteiger partial charge is 0.335 e. The molecule has 0 saturated heterocycles. The van der Waals surface area contributed by atoms with E-state index in [1.807, 2.05) is 42.7 Å². The lowest BCUT2D eigenvalue weighted by Crippen LogP contribution is -2.16. The predicted octanol–water partition coefficient (Wildman–Crippen LogP) is 3.91. The number of rotatable bonds is 10. The van der Waals surface area contributed by atoms with Gasteiger partial charge in [0.05, 0.1) is 30.2 Å². The molecule has 10 heteroatoms. The minimum Gasteiger partial charge on any atom is -0.495 e. The molecule has 3 rings (SSSR count). The molecule has 0 saturated carbocycles. The van der Waals surface area contributed by atoms with Gasteiger partial charge in [-0.15, -0.1) is 10.2 Å². The number of nitrogens with zero attached hydrogens (tertiary/aromatic N) is 3. The lowest BCUT2D eigenvalue weighted by molar-refractivity contribution is -0.113. The summed E-state index contributed by atoms with van der Waals surface area (Å²) < 4.78 is 7.35. The molecule has 0 spiro atoms. The molecule has 0 aliphatic carbocycles. The SMILES string of the molecule is CCn1c(SCC(=O)Nc2cccc(C(=O)O)c2)nnc1C(C)Nc1ccccc1OC. The molecule has 1 amide bonds. The number of methoxy groups -OCH3 is 1. The first-order valence-electron chi connectivity index (χ1n) is 10.0. The summed E-state index contributed by atoms with van der Waals surface area (Å²) in [5.41, 5.74) is 1.40. The van der Waals surface area contributed by atoms with Gasteiger partial charge in [0.15, 0.2) is 11.0 Å². The Hall–Kier alpha value is -3.53. The number of anilines is 2. The van der Waals surface area contributed by atoms with Gasteiger partial charge in [0.25, 0.3) is 0 Å². The van der Waals surface area contributed by atoms with E-state index < -0.39 is 5.97 Å². The molecule has 1 aromatic heterocycles. The molecule has 0 fully saturated rings. The lowest BCUT2D eigenvalue weighted by atomic mass is 10.2. The fourth-order valence-electron chi connectivity index (χ4n) is 3.14. The molecule has 32 heavy (non-hydrogen) atoms. The number of aromatic nitrogens is 3. The van der Waals surface area contributed by atoms with Gasteiger partial charge >= 0.3 is 5.97 Å². The minimum absolute atomic E-state index is 0.113. The number of ether oxygens (including phenoxy) is 1. The van der Waals surface area contributed by atoms with Crippen molar-refractivity contribution in [2.45, 2.75) is 31.6 Å². The van der Waals surface area contributed by atoms with Gasteiger partial charge in [0.1, 0.15) is 5.75 Å². The largest absolute Gasteiger partial charge is 0.495 e. The Morgan fingerprint density at radius 1 is 1.19 bits per heavy atom. The van der Waals surface area contributed by atoms with Crippen molar-refractivity contribution >= 4 is 35.0 Å². The highest BCUT2D eigenvalue weighted by Gasteiger charge is 2.19. The molecule has 1 atom stereocenters. The number of aromatic carboxylic acids is 1. The third kappa shape index (κ3) is 5.58. The van der Waals surface area contributed by atoms with Crippen molar-refractivity contribution in [3.8, 4) is 5.75 Å². The zero-order valence-corrected chi connectivity index (χ0v) is 18.8. The van der Waals surface area contributed by atoms with Crippen LogP contribution in [0.2, 0.25) is 0 Å². The number of para-hydroxylation sites is 2. The van der Waals surface area contributed by atoms with Crippen LogP contribution in [0.15, 0.2) is 53.7 Å². The van der Waals surface area contributed by atoms with Crippen LogP contribution in [-0.2, 0) is 11.3 Å². The molecule has 0 bridgehead atoms. The second-order valence-corrected chi connectivity index (χ2v) is 7.82. The molecule has 0 aliphatic rings. The van der Waals surface area contributed by atoms with Gasteiger partial charge in [-0.1, -0.05) is 30.0 Å². The van der Waals surface area contributed by atoms with E-state index in [0.29, 0.717) is 17.4 Å². The molecule has 2 aromatic carbocycles. The standard InChI is InChI=1S/C22H25N5O4S/c1-4-27-20(14(2)23-17-10-5-6-11-18(17)31-3)25-26-22(27)32-13-19(28)24-16-9-7-8-15(12-16)21(29)30/h5-12,14,23H,4,13H2,1-3H3,(H,24,28)(H,29,30). The van der Waals surface area contributed by atoms with Gasteiger partial charge in [-0.2, -0.15) is 0 Å². The van der Waals surface area contributed by atoms with E-state index in [2.05, 4.69) is 20.8 Å². The van der Waals surface area contributed by atoms with Crippen LogP contribution in [0.25, 0.3) is 0 Å². The van der Waals surface area contributed by atoms with Crippen LogP contribution in [0.3, 0.4) is 0 Å². The van der Waals surface area contributed by atoms with Crippen LogP contribution < -0.4 is 15.4 Å². The second kappa shape index (κ2) is 10.7. The zero-order valence-electron chi connectivity index (χ0n) is 18.0. The number of carbonyl (C=O) groups excluding carboxylic acids is 1. The summed E-state index contributed by atoms with van der Waals surface area (Å²) in [6.07, 6.45) is 0.